The van der Waals surface area contributed by atoms with E-state index >= 15 is 0 Å². The zero-order valence-corrected chi connectivity index (χ0v) is 18.1. The quantitative estimate of drug-likeness (QED) is 0.625. The molecule has 0 saturated carbocycles. The number of H-pyrrole nitrogens is 1. The molecule has 1 fully saturated rings. The first-order chi connectivity index (χ1) is 15.0. The Balaban J connectivity index is 1.49. The summed E-state index contributed by atoms with van der Waals surface area (Å²) >= 11 is 0. The summed E-state index contributed by atoms with van der Waals surface area (Å²) < 4.78 is 0. The molecule has 164 valence electrons. The van der Waals surface area contributed by atoms with E-state index in [0.717, 1.165) is 44.8 Å². The third-order valence-electron chi connectivity index (χ3n) is 5.32. The molecule has 0 radical (unpaired) electrons. The third kappa shape index (κ3) is 5.64. The summed E-state index contributed by atoms with van der Waals surface area (Å²) in [4.78, 5) is 43.4. The van der Waals surface area contributed by atoms with Gasteiger partial charge in [-0.2, -0.15) is 0 Å². The Morgan fingerprint density at radius 3 is 2.71 bits per heavy atom. The van der Waals surface area contributed by atoms with Gasteiger partial charge < -0.3 is 15.2 Å². The third-order valence-corrected chi connectivity index (χ3v) is 5.32. The summed E-state index contributed by atoms with van der Waals surface area (Å²) in [5, 5.41) is 2.58. The number of hydrogen-bond donors (Lipinski definition) is 2. The van der Waals surface area contributed by atoms with Crippen LogP contribution in [0.5, 0.6) is 0 Å². The number of nitrogens with one attached hydrogen (secondary N) is 2. The number of carbonyl (C=O) groups excluding carboxylic acids is 1. The number of anilines is 1. The summed E-state index contributed by atoms with van der Waals surface area (Å²) in [6, 6.07) is 3.70. The van der Waals surface area contributed by atoms with E-state index in [9.17, 15) is 9.59 Å². The maximum atomic E-state index is 11.8. The number of aromatic amines is 1. The highest BCUT2D eigenvalue weighted by molar-refractivity contribution is 5.92. The molecule has 1 saturated heterocycles. The first kappa shape index (κ1) is 22.4. The number of amides is 1. The summed E-state index contributed by atoms with van der Waals surface area (Å²) in [5.41, 5.74) is 2.39. The summed E-state index contributed by atoms with van der Waals surface area (Å²) in [6.07, 6.45) is 7.16. The van der Waals surface area contributed by atoms with Crippen molar-refractivity contribution in [2.75, 3.05) is 44.7 Å². The lowest BCUT2D eigenvalue weighted by atomic mass is 10.2. The van der Waals surface area contributed by atoms with Gasteiger partial charge in [0, 0.05) is 39.8 Å². The maximum Gasteiger partial charge on any atom is 0.271 e. The number of rotatable bonds is 8. The van der Waals surface area contributed by atoms with Crippen LogP contribution in [-0.4, -0.2) is 72.2 Å². The fourth-order valence-electron chi connectivity index (χ4n) is 3.49. The summed E-state index contributed by atoms with van der Waals surface area (Å²) in [6.45, 7) is 10.1. The Morgan fingerprint density at radius 1 is 1.32 bits per heavy atom. The van der Waals surface area contributed by atoms with Crippen LogP contribution in [0.3, 0.4) is 0 Å². The van der Waals surface area contributed by atoms with E-state index in [1.807, 2.05) is 19.1 Å². The van der Waals surface area contributed by atoms with Crippen molar-refractivity contribution in [2.45, 2.75) is 19.8 Å². The molecule has 0 spiro atoms. The van der Waals surface area contributed by atoms with Crippen molar-refractivity contribution in [2.24, 2.45) is 4.99 Å². The van der Waals surface area contributed by atoms with Crippen molar-refractivity contribution < 1.29 is 4.79 Å². The molecule has 0 bridgehead atoms. The minimum atomic E-state index is -0.210. The second kappa shape index (κ2) is 10.6. The van der Waals surface area contributed by atoms with Crippen LogP contribution in [0.15, 0.2) is 34.2 Å². The number of carbonyl (C=O) groups is 1. The molecular formula is C22H29N7O2. The predicted molar refractivity (Wildman–Crippen MR) is 123 cm³/mol. The van der Waals surface area contributed by atoms with Crippen molar-refractivity contribution in [1.82, 2.24) is 25.2 Å². The normalized spacial score (nSPS) is 14.7. The number of aliphatic imine (C=N–C) groups is 1. The van der Waals surface area contributed by atoms with Crippen molar-refractivity contribution in [1.29, 1.82) is 0 Å². The van der Waals surface area contributed by atoms with E-state index < -0.39 is 0 Å². The molecule has 0 aliphatic carbocycles. The van der Waals surface area contributed by atoms with E-state index in [-0.39, 0.29) is 11.5 Å². The number of pyridine rings is 1. The fourth-order valence-corrected chi connectivity index (χ4v) is 3.49. The Bertz CT molecular complexity index is 990. The lowest BCUT2D eigenvalue weighted by molar-refractivity contribution is 0.0958. The molecule has 2 aromatic heterocycles. The van der Waals surface area contributed by atoms with Gasteiger partial charge in [-0.3, -0.25) is 14.5 Å². The van der Waals surface area contributed by atoms with E-state index in [2.05, 4.69) is 47.9 Å². The number of aromatic nitrogens is 3. The van der Waals surface area contributed by atoms with Gasteiger partial charge in [-0.1, -0.05) is 13.0 Å². The monoisotopic (exact) mass is 423 g/mol. The van der Waals surface area contributed by atoms with Crippen LogP contribution in [0.4, 0.5) is 11.5 Å². The minimum Gasteiger partial charge on any atom is -0.368 e. The molecular weight excluding hydrogens is 394 g/mol. The van der Waals surface area contributed by atoms with E-state index in [1.54, 1.807) is 19.3 Å². The van der Waals surface area contributed by atoms with Gasteiger partial charge in [0.2, 0.25) is 0 Å². The highest BCUT2D eigenvalue weighted by Gasteiger charge is 2.17. The van der Waals surface area contributed by atoms with Crippen LogP contribution in [0, 0.1) is 0 Å². The molecule has 3 rings (SSSR count). The molecule has 1 aliphatic heterocycles. The van der Waals surface area contributed by atoms with Crippen molar-refractivity contribution in [3.8, 4) is 0 Å². The fraction of sp³-hybridized carbons (Fsp3) is 0.409. The zero-order chi connectivity index (χ0) is 22.2. The smallest absolute Gasteiger partial charge is 0.271 e. The van der Waals surface area contributed by atoms with E-state index in [0.29, 0.717) is 29.3 Å². The molecule has 3 heterocycles. The van der Waals surface area contributed by atoms with Gasteiger partial charge in [-0.05, 0) is 37.8 Å². The van der Waals surface area contributed by atoms with Crippen LogP contribution in [0.2, 0.25) is 0 Å². The van der Waals surface area contributed by atoms with Gasteiger partial charge in [0.25, 0.3) is 11.5 Å². The molecule has 1 amide bonds. The van der Waals surface area contributed by atoms with Crippen LogP contribution in [0.1, 0.15) is 35.2 Å². The van der Waals surface area contributed by atoms with Crippen molar-refractivity contribution >= 4 is 30.2 Å². The van der Waals surface area contributed by atoms with Crippen LogP contribution >= 0.6 is 0 Å². The number of hydrogen-bond acceptors (Lipinski definition) is 7. The summed E-state index contributed by atoms with van der Waals surface area (Å²) in [7, 11) is 1.60. The van der Waals surface area contributed by atoms with Crippen LogP contribution < -0.4 is 15.8 Å². The molecule has 2 N–H and O–H groups in total. The molecule has 0 aromatic carbocycles. The van der Waals surface area contributed by atoms with Crippen LogP contribution in [-0.2, 0) is 6.42 Å². The Labute approximate surface area is 181 Å². The van der Waals surface area contributed by atoms with Gasteiger partial charge in [0.05, 0.1) is 11.9 Å². The lowest BCUT2D eigenvalue weighted by Crippen LogP contribution is -2.46. The molecule has 31 heavy (non-hydrogen) atoms. The Hall–Kier alpha value is -3.33. The maximum absolute atomic E-state index is 11.8. The second-order valence-electron chi connectivity index (χ2n) is 7.26. The molecule has 1 aliphatic rings. The van der Waals surface area contributed by atoms with Gasteiger partial charge in [-0.25, -0.2) is 15.0 Å². The lowest BCUT2D eigenvalue weighted by Gasteiger charge is -2.35. The SMILES string of the molecule is C=Nc1[nH]c(=O)c(CC)nc1/C=C\CCN1CCN(c2ccc(C(=O)NC)nc2)CC1. The Kier molecular flexibility index (Phi) is 7.66. The summed E-state index contributed by atoms with van der Waals surface area (Å²) in [5.74, 6) is 0.228. The number of nitrogens with zero attached hydrogens (tertiary/aromatic N) is 5. The first-order valence-corrected chi connectivity index (χ1v) is 10.5. The first-order valence-electron chi connectivity index (χ1n) is 10.5. The second-order valence-corrected chi connectivity index (χ2v) is 7.26. The molecule has 0 unspecified atom stereocenters. The van der Waals surface area contributed by atoms with Gasteiger partial charge in [0.15, 0.2) is 5.82 Å². The van der Waals surface area contributed by atoms with Gasteiger partial charge in [0.1, 0.15) is 17.1 Å². The predicted octanol–water partition coefficient (Wildman–Crippen LogP) is 1.64. The molecule has 9 nitrogen and oxygen atoms in total. The highest BCUT2D eigenvalue weighted by Crippen LogP contribution is 2.17. The molecule has 2 aromatic rings. The van der Waals surface area contributed by atoms with E-state index in [4.69, 9.17) is 0 Å². The largest absolute Gasteiger partial charge is 0.368 e. The van der Waals surface area contributed by atoms with Crippen molar-refractivity contribution in [3.05, 3.63) is 51.8 Å². The zero-order valence-electron chi connectivity index (χ0n) is 18.1. The average molecular weight is 424 g/mol. The van der Waals surface area contributed by atoms with Crippen molar-refractivity contribution in [3.63, 3.8) is 0 Å². The average Bonchev–Trinajstić information content (AvgIpc) is 2.82. The van der Waals surface area contributed by atoms with Gasteiger partial charge >= 0.3 is 0 Å². The molecule has 0 atom stereocenters. The standard InChI is InChI=1S/C22H29N7O2/c1-4-17-22(31)27-20(23-2)18(26-17)7-5-6-10-28-11-13-29(14-12-28)16-8-9-19(25-15-16)21(30)24-3/h5,7-9,15H,2,4,6,10-14H2,1,3H3,(H,24,30)(H,27,31)/b7-5-. The highest BCUT2D eigenvalue weighted by atomic mass is 16.1. The number of aryl methyl sites for hydroxylation is 1. The van der Waals surface area contributed by atoms with Gasteiger partial charge in [-0.15, -0.1) is 0 Å². The molecule has 9 heteroatoms. The van der Waals surface area contributed by atoms with Crippen LogP contribution in [0.25, 0.3) is 6.08 Å². The topological polar surface area (TPSA) is 107 Å². The minimum absolute atomic E-state index is 0.177. The Morgan fingerprint density at radius 2 is 2.10 bits per heavy atom. The number of piperazine rings is 1. The van der Waals surface area contributed by atoms with E-state index in [1.165, 1.54) is 0 Å².